The summed E-state index contributed by atoms with van der Waals surface area (Å²) in [5, 5.41) is 21.7. The molecule has 4 rings (SSSR count). The van der Waals surface area contributed by atoms with Crippen molar-refractivity contribution in [3.63, 3.8) is 0 Å². The summed E-state index contributed by atoms with van der Waals surface area (Å²) in [6.45, 7) is 6.13. The molecular weight excluding hydrogens is 414 g/mol. The van der Waals surface area contributed by atoms with Crippen LogP contribution in [0, 0.1) is 10.1 Å². The smallest absolute Gasteiger partial charge is 0.269 e. The predicted molar refractivity (Wildman–Crippen MR) is 124 cm³/mol. The Labute approximate surface area is 184 Å². The largest absolute Gasteiger partial charge is 0.332 e. The van der Waals surface area contributed by atoms with Crippen LogP contribution < -0.4 is 10.6 Å². The molecule has 0 unspecified atom stereocenters. The summed E-state index contributed by atoms with van der Waals surface area (Å²) in [4.78, 5) is 23.5. The third-order valence-electron chi connectivity index (χ3n) is 5.10. The lowest BCUT2D eigenvalue weighted by atomic mass is 9.88. The Bertz CT molecular complexity index is 1240. The summed E-state index contributed by atoms with van der Waals surface area (Å²) < 4.78 is 1.77. The minimum atomic E-state index is -0.458. The fourth-order valence-corrected chi connectivity index (χ4v) is 3.92. The van der Waals surface area contributed by atoms with Crippen LogP contribution in [0.5, 0.6) is 0 Å². The first-order chi connectivity index (χ1) is 14.6. The van der Waals surface area contributed by atoms with Gasteiger partial charge in [0.05, 0.1) is 21.9 Å². The molecule has 0 aliphatic heterocycles. The highest BCUT2D eigenvalue weighted by Gasteiger charge is 2.37. The van der Waals surface area contributed by atoms with Gasteiger partial charge in [-0.2, -0.15) is 5.10 Å². The number of carbonyl (C=O) groups is 1. The Morgan fingerprint density at radius 1 is 1.06 bits per heavy atom. The van der Waals surface area contributed by atoms with E-state index in [2.05, 4.69) is 15.7 Å². The number of nitro benzene ring substituents is 1. The van der Waals surface area contributed by atoms with Gasteiger partial charge in [-0.3, -0.25) is 19.6 Å². The van der Waals surface area contributed by atoms with E-state index in [0.29, 0.717) is 27.6 Å². The van der Waals surface area contributed by atoms with E-state index >= 15 is 0 Å². The summed E-state index contributed by atoms with van der Waals surface area (Å²) in [5.41, 5.74) is 4.79. The van der Waals surface area contributed by atoms with Crippen molar-refractivity contribution in [3.05, 3.63) is 69.4 Å². The highest BCUT2D eigenvalue weighted by molar-refractivity contribution is 7.80. The molecule has 0 radical (unpaired) electrons. The highest BCUT2D eigenvalue weighted by atomic mass is 32.1. The number of fused-ring (bicyclic) bond motifs is 3. The monoisotopic (exact) mass is 435 g/mol. The molecule has 0 bridgehead atoms. The number of nitro groups is 1. The molecule has 158 valence electrons. The third kappa shape index (κ3) is 3.68. The zero-order chi connectivity index (χ0) is 22.5. The average Bonchev–Trinajstić information content (AvgIpc) is 3.18. The Balaban J connectivity index is 1.56. The number of ketones is 1. The zero-order valence-electron chi connectivity index (χ0n) is 17.5. The number of benzene rings is 2. The van der Waals surface area contributed by atoms with Gasteiger partial charge in [0, 0.05) is 47.1 Å². The van der Waals surface area contributed by atoms with E-state index in [9.17, 15) is 14.9 Å². The Kier molecular flexibility index (Phi) is 4.85. The van der Waals surface area contributed by atoms with Crippen molar-refractivity contribution in [2.45, 2.75) is 26.2 Å². The second kappa shape index (κ2) is 7.28. The second-order valence-corrected chi connectivity index (χ2v) is 8.83. The standard InChI is InChI=1S/C22H21N5O3S/c1-22(2,3)20-17-18(26(4)25-20)15-10-7-13(11-16(15)19(17)28)24-21(31)23-12-5-8-14(9-6-12)27(29)30/h5-11H,1-4H3,(H2,23,24,31). The van der Waals surface area contributed by atoms with Crippen LogP contribution >= 0.6 is 12.2 Å². The molecule has 2 aromatic carbocycles. The number of nitrogens with zero attached hydrogens (tertiary/aromatic N) is 3. The van der Waals surface area contributed by atoms with Crippen LogP contribution in [0.15, 0.2) is 42.5 Å². The molecule has 0 amide bonds. The highest BCUT2D eigenvalue weighted by Crippen LogP contribution is 2.42. The normalized spacial score (nSPS) is 12.3. The van der Waals surface area contributed by atoms with E-state index < -0.39 is 4.92 Å². The van der Waals surface area contributed by atoms with Crippen LogP contribution in [0.4, 0.5) is 17.1 Å². The number of anilines is 2. The molecule has 0 saturated heterocycles. The third-order valence-corrected chi connectivity index (χ3v) is 5.30. The first-order valence-corrected chi connectivity index (χ1v) is 10.1. The van der Waals surface area contributed by atoms with E-state index in [1.807, 2.05) is 40.0 Å². The van der Waals surface area contributed by atoms with Crippen molar-refractivity contribution in [1.29, 1.82) is 0 Å². The van der Waals surface area contributed by atoms with Crippen LogP contribution in [0.1, 0.15) is 42.4 Å². The number of aromatic nitrogens is 2. The SMILES string of the molecule is Cn1nc(C(C)(C)C)c2c1-c1ccc(NC(=S)Nc3ccc([N+](=O)[O-])cc3)cc1C2=O. The first-order valence-electron chi connectivity index (χ1n) is 9.65. The predicted octanol–water partition coefficient (Wildman–Crippen LogP) is 4.65. The summed E-state index contributed by atoms with van der Waals surface area (Å²) >= 11 is 5.35. The number of nitrogens with one attached hydrogen (secondary N) is 2. The van der Waals surface area contributed by atoms with Gasteiger partial charge in [-0.25, -0.2) is 0 Å². The number of carbonyl (C=O) groups excluding carboxylic acids is 1. The lowest BCUT2D eigenvalue weighted by Gasteiger charge is -2.16. The van der Waals surface area contributed by atoms with Crippen molar-refractivity contribution < 1.29 is 9.72 Å². The summed E-state index contributed by atoms with van der Waals surface area (Å²) in [7, 11) is 1.85. The Hall–Kier alpha value is -3.59. The maximum absolute atomic E-state index is 13.2. The Morgan fingerprint density at radius 3 is 2.29 bits per heavy atom. The molecule has 0 saturated carbocycles. The quantitative estimate of drug-likeness (QED) is 0.274. The molecule has 1 aliphatic carbocycles. The zero-order valence-corrected chi connectivity index (χ0v) is 18.3. The number of non-ortho nitro benzene ring substituents is 1. The summed E-state index contributed by atoms with van der Waals surface area (Å²) in [6.07, 6.45) is 0. The van der Waals surface area contributed by atoms with Crippen molar-refractivity contribution >= 4 is 40.2 Å². The minimum absolute atomic E-state index is 0.00486. The Morgan fingerprint density at radius 2 is 1.68 bits per heavy atom. The molecule has 1 heterocycles. The van der Waals surface area contributed by atoms with Crippen molar-refractivity contribution in [2.24, 2.45) is 7.05 Å². The molecule has 0 fully saturated rings. The van der Waals surface area contributed by atoms with Gasteiger partial charge in [0.25, 0.3) is 5.69 Å². The lowest BCUT2D eigenvalue weighted by molar-refractivity contribution is -0.384. The average molecular weight is 436 g/mol. The number of aryl methyl sites for hydroxylation is 1. The molecule has 1 aliphatic rings. The van der Waals surface area contributed by atoms with E-state index in [0.717, 1.165) is 17.0 Å². The molecule has 9 heteroatoms. The van der Waals surface area contributed by atoms with Gasteiger partial charge in [0.2, 0.25) is 0 Å². The van der Waals surface area contributed by atoms with Crippen molar-refractivity contribution in [1.82, 2.24) is 9.78 Å². The molecule has 0 spiro atoms. The summed E-state index contributed by atoms with van der Waals surface area (Å²) in [6, 6.07) is 11.5. The molecular formula is C22H21N5O3S. The molecule has 8 nitrogen and oxygen atoms in total. The minimum Gasteiger partial charge on any atom is -0.332 e. The van der Waals surface area contributed by atoms with E-state index in [1.165, 1.54) is 12.1 Å². The van der Waals surface area contributed by atoms with Crippen LogP contribution in [0.3, 0.4) is 0 Å². The molecule has 1 aromatic heterocycles. The lowest BCUT2D eigenvalue weighted by Crippen LogP contribution is -2.19. The van der Waals surface area contributed by atoms with Gasteiger partial charge in [0.15, 0.2) is 10.9 Å². The van der Waals surface area contributed by atoms with Gasteiger partial charge in [-0.15, -0.1) is 0 Å². The van der Waals surface area contributed by atoms with Gasteiger partial charge in [-0.1, -0.05) is 20.8 Å². The van der Waals surface area contributed by atoms with Gasteiger partial charge >= 0.3 is 0 Å². The van der Waals surface area contributed by atoms with Crippen LogP contribution in [0.2, 0.25) is 0 Å². The maximum atomic E-state index is 13.2. The van der Waals surface area contributed by atoms with E-state index in [-0.39, 0.29) is 16.9 Å². The van der Waals surface area contributed by atoms with E-state index in [4.69, 9.17) is 12.2 Å². The molecule has 2 N–H and O–H groups in total. The van der Waals surface area contributed by atoms with Gasteiger partial charge in [-0.05, 0) is 42.5 Å². The van der Waals surface area contributed by atoms with Crippen LogP contribution in [0.25, 0.3) is 11.3 Å². The first kappa shape index (κ1) is 20.7. The fraction of sp³-hybridized carbons (Fsp3) is 0.227. The molecule has 3 aromatic rings. The summed E-state index contributed by atoms with van der Waals surface area (Å²) in [5.74, 6) is -0.0408. The number of thiocarbonyl (C=S) groups is 1. The second-order valence-electron chi connectivity index (χ2n) is 8.42. The van der Waals surface area contributed by atoms with Gasteiger partial charge in [0.1, 0.15) is 0 Å². The van der Waals surface area contributed by atoms with E-state index in [1.54, 1.807) is 22.9 Å². The van der Waals surface area contributed by atoms with Crippen molar-refractivity contribution in [3.8, 4) is 11.3 Å². The van der Waals surface area contributed by atoms with Crippen LogP contribution in [-0.2, 0) is 12.5 Å². The van der Waals surface area contributed by atoms with Gasteiger partial charge < -0.3 is 10.6 Å². The number of hydrogen-bond donors (Lipinski definition) is 2. The van der Waals surface area contributed by atoms with Crippen LogP contribution in [-0.4, -0.2) is 25.6 Å². The number of rotatable bonds is 3. The number of hydrogen-bond acceptors (Lipinski definition) is 5. The maximum Gasteiger partial charge on any atom is 0.269 e. The topological polar surface area (TPSA) is 102 Å². The molecule has 0 atom stereocenters. The molecule has 31 heavy (non-hydrogen) atoms. The van der Waals surface area contributed by atoms with Crippen molar-refractivity contribution in [2.75, 3.05) is 10.6 Å². The fourth-order valence-electron chi connectivity index (χ4n) is 3.68.